The number of rotatable bonds is 3. The second kappa shape index (κ2) is 3.74. The van der Waals surface area contributed by atoms with Crippen LogP contribution in [0.15, 0.2) is 28.7 Å². The third-order valence-electron chi connectivity index (χ3n) is 3.15. The van der Waals surface area contributed by atoms with Crippen molar-refractivity contribution in [3.63, 3.8) is 0 Å². The molecule has 0 atom stereocenters. The predicted molar refractivity (Wildman–Crippen MR) is 67.7 cm³/mol. The number of halogens is 1. The minimum absolute atomic E-state index is 0.776. The van der Waals surface area contributed by atoms with Gasteiger partial charge in [0.25, 0.3) is 0 Å². The van der Waals surface area contributed by atoms with Gasteiger partial charge in [-0.15, -0.1) is 0 Å². The van der Waals surface area contributed by atoms with Crippen LogP contribution in [0.1, 0.15) is 23.3 Å². The zero-order valence-corrected chi connectivity index (χ0v) is 10.4. The van der Waals surface area contributed by atoms with Gasteiger partial charge in [0.2, 0.25) is 0 Å². The first kappa shape index (κ1) is 10.1. The van der Waals surface area contributed by atoms with Gasteiger partial charge in [-0.05, 0) is 43.0 Å². The Morgan fingerprint density at radius 3 is 2.88 bits per heavy atom. The highest BCUT2D eigenvalue weighted by atomic mass is 79.9. The molecule has 0 radical (unpaired) electrons. The van der Waals surface area contributed by atoms with E-state index >= 15 is 0 Å². The molecule has 1 aliphatic carbocycles. The Kier molecular flexibility index (Phi) is 2.36. The molecule has 1 aromatic heterocycles. The van der Waals surface area contributed by atoms with Crippen molar-refractivity contribution in [1.29, 1.82) is 0 Å². The molecule has 0 spiro atoms. The summed E-state index contributed by atoms with van der Waals surface area (Å²) in [5.41, 5.74) is 1.96. The quantitative estimate of drug-likeness (QED) is 0.786. The fraction of sp³-hybridized carbons (Fsp3) is 0.308. The third kappa shape index (κ3) is 1.69. The van der Waals surface area contributed by atoms with E-state index in [0.29, 0.717) is 0 Å². The summed E-state index contributed by atoms with van der Waals surface area (Å²) in [6.07, 6.45) is 3.55. The van der Waals surface area contributed by atoms with Crippen LogP contribution in [-0.4, -0.2) is 10.9 Å². The summed E-state index contributed by atoms with van der Waals surface area (Å²) in [5, 5.41) is 1.14. The molecule has 1 saturated carbocycles. The lowest BCUT2D eigenvalue weighted by Crippen LogP contribution is -2.03. The van der Waals surface area contributed by atoms with Gasteiger partial charge in [-0.3, -0.25) is 4.79 Å². The van der Waals surface area contributed by atoms with Gasteiger partial charge >= 0.3 is 0 Å². The highest BCUT2D eigenvalue weighted by Gasteiger charge is 2.23. The summed E-state index contributed by atoms with van der Waals surface area (Å²) in [6, 6.07) is 8.14. The summed E-state index contributed by atoms with van der Waals surface area (Å²) in [4.78, 5) is 11.1. The molecule has 1 heterocycles. The Morgan fingerprint density at radius 1 is 1.38 bits per heavy atom. The van der Waals surface area contributed by atoms with Gasteiger partial charge in [-0.2, -0.15) is 0 Å². The van der Waals surface area contributed by atoms with Crippen molar-refractivity contribution in [2.45, 2.75) is 19.4 Å². The van der Waals surface area contributed by atoms with Gasteiger partial charge < -0.3 is 4.57 Å². The number of aldehydes is 1. The number of nitrogens with zero attached hydrogens (tertiary/aromatic N) is 1. The fourth-order valence-corrected chi connectivity index (χ4v) is 2.50. The number of carbonyl (C=O) groups excluding carboxylic acids is 1. The second-order valence-corrected chi connectivity index (χ2v) is 5.36. The summed E-state index contributed by atoms with van der Waals surface area (Å²) in [6.45, 7) is 0.985. The minimum atomic E-state index is 0.776. The minimum Gasteiger partial charge on any atom is -0.338 e. The van der Waals surface area contributed by atoms with E-state index in [9.17, 15) is 4.79 Å². The fourth-order valence-electron chi connectivity index (χ4n) is 2.12. The van der Waals surface area contributed by atoms with E-state index in [1.165, 1.54) is 12.8 Å². The molecular weight excluding hydrogens is 266 g/mol. The molecule has 1 fully saturated rings. The van der Waals surface area contributed by atoms with Gasteiger partial charge in [0.15, 0.2) is 6.29 Å². The maximum absolute atomic E-state index is 11.1. The van der Waals surface area contributed by atoms with Crippen molar-refractivity contribution in [2.24, 2.45) is 5.92 Å². The number of benzene rings is 1. The van der Waals surface area contributed by atoms with Crippen LogP contribution in [0.3, 0.4) is 0 Å². The monoisotopic (exact) mass is 277 g/mol. The molecule has 82 valence electrons. The van der Waals surface area contributed by atoms with Crippen LogP contribution in [0.5, 0.6) is 0 Å². The molecule has 0 unspecified atom stereocenters. The SMILES string of the molecule is O=Cc1cc2cc(Br)ccc2n1CC1CC1. The average Bonchev–Trinajstić information content (AvgIpc) is 3.01. The van der Waals surface area contributed by atoms with Crippen molar-refractivity contribution in [3.05, 3.63) is 34.4 Å². The molecule has 1 aliphatic rings. The highest BCUT2D eigenvalue weighted by Crippen LogP contribution is 2.33. The smallest absolute Gasteiger partial charge is 0.166 e. The van der Waals surface area contributed by atoms with Gasteiger partial charge in [0, 0.05) is 21.9 Å². The van der Waals surface area contributed by atoms with E-state index < -0.39 is 0 Å². The van der Waals surface area contributed by atoms with Crippen molar-refractivity contribution in [3.8, 4) is 0 Å². The Bertz CT molecular complexity index is 554. The maximum Gasteiger partial charge on any atom is 0.166 e. The van der Waals surface area contributed by atoms with Gasteiger partial charge in [-0.1, -0.05) is 15.9 Å². The molecule has 3 heteroatoms. The van der Waals surface area contributed by atoms with Gasteiger partial charge in [0.05, 0.1) is 5.69 Å². The third-order valence-corrected chi connectivity index (χ3v) is 3.65. The molecule has 0 amide bonds. The van der Waals surface area contributed by atoms with Crippen molar-refractivity contribution in [1.82, 2.24) is 4.57 Å². The van der Waals surface area contributed by atoms with Crippen LogP contribution in [0.2, 0.25) is 0 Å². The molecule has 3 rings (SSSR count). The maximum atomic E-state index is 11.1. The van der Waals surface area contributed by atoms with Gasteiger partial charge in [-0.25, -0.2) is 0 Å². The molecular formula is C13H12BrNO. The number of hydrogen-bond donors (Lipinski definition) is 0. The second-order valence-electron chi connectivity index (χ2n) is 4.44. The number of hydrogen-bond acceptors (Lipinski definition) is 1. The lowest BCUT2D eigenvalue weighted by atomic mass is 10.2. The molecule has 1 aromatic carbocycles. The van der Waals surface area contributed by atoms with Crippen LogP contribution in [0, 0.1) is 5.92 Å². The number of aromatic nitrogens is 1. The Hall–Kier alpha value is -1.09. The summed E-state index contributed by atoms with van der Waals surface area (Å²) >= 11 is 3.45. The van der Waals surface area contributed by atoms with Crippen molar-refractivity contribution >= 4 is 33.1 Å². The van der Waals surface area contributed by atoms with Crippen molar-refractivity contribution in [2.75, 3.05) is 0 Å². The van der Waals surface area contributed by atoms with Crippen molar-refractivity contribution < 1.29 is 4.79 Å². The lowest BCUT2D eigenvalue weighted by molar-refractivity contribution is 0.111. The zero-order chi connectivity index (χ0) is 11.1. The first-order valence-electron chi connectivity index (χ1n) is 5.52. The normalized spacial score (nSPS) is 15.6. The topological polar surface area (TPSA) is 22.0 Å². The van der Waals surface area contributed by atoms with E-state index in [1.807, 2.05) is 12.1 Å². The zero-order valence-electron chi connectivity index (χ0n) is 8.82. The molecule has 2 nitrogen and oxygen atoms in total. The number of fused-ring (bicyclic) bond motifs is 1. The van der Waals surface area contributed by atoms with Crippen LogP contribution in [-0.2, 0) is 6.54 Å². The van der Waals surface area contributed by atoms with E-state index in [0.717, 1.165) is 39.8 Å². The largest absolute Gasteiger partial charge is 0.338 e. The van der Waals surface area contributed by atoms with Crippen LogP contribution in [0.25, 0.3) is 10.9 Å². The number of carbonyl (C=O) groups is 1. The van der Waals surface area contributed by atoms with Crippen LogP contribution >= 0.6 is 15.9 Å². The first-order valence-corrected chi connectivity index (χ1v) is 6.31. The molecule has 16 heavy (non-hydrogen) atoms. The molecule has 0 N–H and O–H groups in total. The standard InChI is InChI=1S/C13H12BrNO/c14-11-3-4-13-10(5-11)6-12(8-16)15(13)7-9-1-2-9/h3-6,8-9H,1-2,7H2. The van der Waals surface area contributed by atoms with E-state index in [1.54, 1.807) is 0 Å². The Labute approximate surface area is 102 Å². The van der Waals surface area contributed by atoms with Crippen LogP contribution in [0.4, 0.5) is 0 Å². The molecule has 0 bridgehead atoms. The lowest BCUT2D eigenvalue weighted by Gasteiger charge is -2.06. The highest BCUT2D eigenvalue weighted by molar-refractivity contribution is 9.10. The van der Waals surface area contributed by atoms with E-state index in [-0.39, 0.29) is 0 Å². The summed E-state index contributed by atoms with van der Waals surface area (Å²) in [5.74, 6) is 0.776. The van der Waals surface area contributed by atoms with E-state index in [4.69, 9.17) is 0 Å². The van der Waals surface area contributed by atoms with Gasteiger partial charge in [0.1, 0.15) is 0 Å². The average molecular weight is 278 g/mol. The Balaban J connectivity index is 2.17. The molecule has 2 aromatic rings. The van der Waals surface area contributed by atoms with Crippen LogP contribution < -0.4 is 0 Å². The van der Waals surface area contributed by atoms with E-state index in [2.05, 4.69) is 32.6 Å². The Morgan fingerprint density at radius 2 is 2.19 bits per heavy atom. The molecule has 0 aliphatic heterocycles. The first-order chi connectivity index (χ1) is 7.78. The summed E-state index contributed by atoms with van der Waals surface area (Å²) in [7, 11) is 0. The summed E-state index contributed by atoms with van der Waals surface area (Å²) < 4.78 is 3.20. The predicted octanol–water partition coefficient (Wildman–Crippen LogP) is 3.63. The molecule has 0 saturated heterocycles.